The van der Waals surface area contributed by atoms with Crippen molar-refractivity contribution in [3.63, 3.8) is 0 Å². The fourth-order valence-electron chi connectivity index (χ4n) is 4.36. The monoisotopic (exact) mass is 438 g/mol. The summed E-state index contributed by atoms with van der Waals surface area (Å²) in [4.78, 5) is 29.8. The van der Waals surface area contributed by atoms with E-state index in [9.17, 15) is 14.7 Å². The summed E-state index contributed by atoms with van der Waals surface area (Å²) in [6.07, 6.45) is 8.64. The molecule has 1 aromatic heterocycles. The van der Waals surface area contributed by atoms with Crippen LogP contribution in [0.25, 0.3) is 18.2 Å². The Kier molecular flexibility index (Phi) is 5.54. The number of carboxylic acids is 1. The van der Waals surface area contributed by atoms with Gasteiger partial charge in [-0.2, -0.15) is 0 Å². The minimum Gasteiger partial charge on any atom is -0.493 e. The van der Waals surface area contributed by atoms with Crippen molar-refractivity contribution >= 4 is 24.2 Å². The van der Waals surface area contributed by atoms with Gasteiger partial charge in [-0.05, 0) is 43.2 Å². The maximum atomic E-state index is 13.3. The van der Waals surface area contributed by atoms with Crippen LogP contribution in [0.2, 0.25) is 0 Å². The lowest BCUT2D eigenvalue weighted by molar-refractivity contribution is -0.141. The number of methoxy groups -OCH3 is 3. The molecule has 2 aliphatic rings. The van der Waals surface area contributed by atoms with E-state index < -0.39 is 11.4 Å². The molecule has 168 valence electrons. The Bertz CT molecular complexity index is 1200. The predicted octanol–water partition coefficient (Wildman–Crippen LogP) is 3.43. The Hall–Kier alpha value is -3.55. The highest BCUT2D eigenvalue weighted by Gasteiger charge is 2.62. The molecule has 2 atom stereocenters. The van der Waals surface area contributed by atoms with Crippen molar-refractivity contribution in [1.82, 2.24) is 9.55 Å². The topological polar surface area (TPSA) is 99.9 Å². The Morgan fingerprint density at radius 1 is 1.22 bits per heavy atom. The maximum absolute atomic E-state index is 13.3. The highest BCUT2D eigenvalue weighted by molar-refractivity contribution is 5.84. The van der Waals surface area contributed by atoms with Crippen LogP contribution < -0.4 is 19.8 Å². The van der Waals surface area contributed by atoms with Gasteiger partial charge in [0, 0.05) is 11.1 Å². The number of fused-ring (bicyclic) bond motifs is 3. The molecule has 32 heavy (non-hydrogen) atoms. The molecule has 1 saturated carbocycles. The van der Waals surface area contributed by atoms with Crippen LogP contribution in [-0.2, 0) is 11.2 Å². The normalized spacial score (nSPS) is 20.6. The zero-order valence-corrected chi connectivity index (χ0v) is 18.5. The fourth-order valence-corrected chi connectivity index (χ4v) is 4.36. The minimum absolute atomic E-state index is 0.173. The smallest absolute Gasteiger partial charge is 0.315 e. The molecule has 1 aliphatic heterocycles. The summed E-state index contributed by atoms with van der Waals surface area (Å²) in [5.41, 5.74) is 0.733. The predicted molar refractivity (Wildman–Crippen MR) is 120 cm³/mol. The first kappa shape index (κ1) is 21.7. The molecule has 0 saturated heterocycles. The number of nitrogens with zero attached hydrogens (tertiary/aromatic N) is 2. The summed E-state index contributed by atoms with van der Waals surface area (Å²) in [5, 5.41) is 9.59. The summed E-state index contributed by atoms with van der Waals surface area (Å²) >= 11 is 0. The largest absolute Gasteiger partial charge is 0.493 e. The van der Waals surface area contributed by atoms with E-state index in [0.717, 1.165) is 12.0 Å². The lowest BCUT2D eigenvalue weighted by atomic mass is 10.0. The SMILES string of the molecule is CCCc1c(/C=C/c2ccc(OC)c(OC)c2OC)nc2n(c1=O)C1CC1(C(=O)O)C=C2. The number of hydrogen-bond donors (Lipinski definition) is 1. The van der Waals surface area contributed by atoms with Gasteiger partial charge in [-0.3, -0.25) is 14.2 Å². The van der Waals surface area contributed by atoms with Crippen LogP contribution in [0, 0.1) is 5.41 Å². The van der Waals surface area contributed by atoms with Gasteiger partial charge < -0.3 is 19.3 Å². The number of benzene rings is 1. The van der Waals surface area contributed by atoms with Gasteiger partial charge in [0.05, 0.1) is 33.1 Å². The molecular formula is C24H26N2O6. The van der Waals surface area contributed by atoms with Gasteiger partial charge >= 0.3 is 5.97 Å². The summed E-state index contributed by atoms with van der Waals surface area (Å²) in [5.74, 6) is 1.12. The summed E-state index contributed by atoms with van der Waals surface area (Å²) in [6.45, 7) is 1.99. The first-order chi connectivity index (χ1) is 15.4. The number of aliphatic carboxylic acids is 1. The van der Waals surface area contributed by atoms with E-state index in [1.807, 2.05) is 19.1 Å². The number of ether oxygens (including phenoxy) is 3. The van der Waals surface area contributed by atoms with Gasteiger partial charge in [-0.15, -0.1) is 0 Å². The van der Waals surface area contributed by atoms with Crippen LogP contribution in [0.4, 0.5) is 0 Å². The molecule has 8 nitrogen and oxygen atoms in total. The van der Waals surface area contributed by atoms with Crippen molar-refractivity contribution in [2.45, 2.75) is 32.2 Å². The lowest BCUT2D eigenvalue weighted by Crippen LogP contribution is -2.32. The van der Waals surface area contributed by atoms with Crippen LogP contribution in [-0.4, -0.2) is 42.0 Å². The van der Waals surface area contributed by atoms with Crippen LogP contribution >= 0.6 is 0 Å². The Balaban J connectivity index is 1.80. The van der Waals surface area contributed by atoms with E-state index >= 15 is 0 Å². The molecule has 0 radical (unpaired) electrons. The van der Waals surface area contributed by atoms with Crippen molar-refractivity contribution in [1.29, 1.82) is 0 Å². The summed E-state index contributed by atoms with van der Waals surface area (Å²) in [7, 11) is 4.65. The average Bonchev–Trinajstić information content (AvgIpc) is 3.55. The van der Waals surface area contributed by atoms with Gasteiger partial charge in [0.25, 0.3) is 5.56 Å². The third-order valence-electron chi connectivity index (χ3n) is 6.13. The van der Waals surface area contributed by atoms with E-state index in [1.165, 1.54) is 0 Å². The second kappa shape index (κ2) is 8.18. The van der Waals surface area contributed by atoms with Gasteiger partial charge in [0.1, 0.15) is 11.2 Å². The molecule has 0 spiro atoms. The number of rotatable bonds is 8. The average molecular weight is 438 g/mol. The molecule has 2 aromatic rings. The van der Waals surface area contributed by atoms with E-state index in [2.05, 4.69) is 0 Å². The number of carboxylic acid groups (broad SMARTS) is 1. The van der Waals surface area contributed by atoms with Crippen molar-refractivity contribution < 1.29 is 24.1 Å². The van der Waals surface area contributed by atoms with Crippen molar-refractivity contribution in [2.75, 3.05) is 21.3 Å². The fraction of sp³-hybridized carbons (Fsp3) is 0.375. The minimum atomic E-state index is -0.980. The third-order valence-corrected chi connectivity index (χ3v) is 6.13. The Morgan fingerprint density at radius 2 is 1.97 bits per heavy atom. The molecule has 4 rings (SSSR count). The molecule has 0 bridgehead atoms. The van der Waals surface area contributed by atoms with E-state index in [1.54, 1.807) is 50.2 Å². The molecule has 1 aliphatic carbocycles. The van der Waals surface area contributed by atoms with E-state index in [-0.39, 0.29) is 11.6 Å². The third kappa shape index (κ3) is 3.26. The van der Waals surface area contributed by atoms with Gasteiger partial charge in [0.2, 0.25) is 5.75 Å². The molecule has 0 amide bonds. The molecule has 1 aromatic carbocycles. The molecular weight excluding hydrogens is 412 g/mol. The quantitative estimate of drug-likeness (QED) is 0.674. The summed E-state index contributed by atoms with van der Waals surface area (Å²) < 4.78 is 17.9. The van der Waals surface area contributed by atoms with Crippen LogP contribution in [0.3, 0.4) is 0 Å². The van der Waals surface area contributed by atoms with Gasteiger partial charge in [-0.25, -0.2) is 4.98 Å². The zero-order chi connectivity index (χ0) is 23.0. The molecule has 2 unspecified atom stereocenters. The number of aromatic nitrogens is 2. The van der Waals surface area contributed by atoms with Crippen LogP contribution in [0.5, 0.6) is 17.2 Å². The highest BCUT2D eigenvalue weighted by atomic mass is 16.5. The van der Waals surface area contributed by atoms with E-state index in [0.29, 0.717) is 47.2 Å². The zero-order valence-electron chi connectivity index (χ0n) is 18.5. The number of hydrogen-bond acceptors (Lipinski definition) is 6. The second-order valence-electron chi connectivity index (χ2n) is 7.91. The van der Waals surface area contributed by atoms with Crippen LogP contribution in [0.1, 0.15) is 48.5 Å². The molecule has 2 heterocycles. The van der Waals surface area contributed by atoms with Crippen molar-refractivity contribution in [2.24, 2.45) is 5.41 Å². The Morgan fingerprint density at radius 3 is 2.59 bits per heavy atom. The van der Waals surface area contributed by atoms with Crippen LogP contribution in [0.15, 0.2) is 23.0 Å². The molecule has 8 heteroatoms. The maximum Gasteiger partial charge on any atom is 0.315 e. The molecule has 1 N–H and O–H groups in total. The first-order valence-corrected chi connectivity index (χ1v) is 10.5. The molecule has 1 fully saturated rings. The first-order valence-electron chi connectivity index (χ1n) is 10.5. The van der Waals surface area contributed by atoms with Crippen molar-refractivity contribution in [3.8, 4) is 17.2 Å². The second-order valence-corrected chi connectivity index (χ2v) is 7.91. The van der Waals surface area contributed by atoms with E-state index in [4.69, 9.17) is 19.2 Å². The standard InChI is InChI=1S/C24H26N2O6/c1-5-6-15-16(9-7-14-8-10-17(30-2)21(32-4)20(14)31-3)25-19-11-12-24(23(28)29)13-18(24)26(19)22(15)27/h7-12,18H,5-6,13H2,1-4H3,(H,28,29)/b9-7+. The van der Waals surface area contributed by atoms with Gasteiger partial charge in [-0.1, -0.05) is 19.4 Å². The lowest BCUT2D eigenvalue weighted by Gasteiger charge is -2.19. The van der Waals surface area contributed by atoms with Crippen molar-refractivity contribution in [3.05, 3.63) is 51.2 Å². The summed E-state index contributed by atoms with van der Waals surface area (Å²) in [6, 6.07) is 3.25. The Labute approximate surface area is 185 Å². The number of carbonyl (C=O) groups is 1. The highest BCUT2D eigenvalue weighted by Crippen LogP contribution is 2.59. The van der Waals surface area contributed by atoms with Gasteiger partial charge in [0.15, 0.2) is 11.5 Å².